The number of hydrogen-bond donors (Lipinski definition) is 1. The van der Waals surface area contributed by atoms with Crippen molar-refractivity contribution >= 4 is 5.97 Å². The van der Waals surface area contributed by atoms with Crippen LogP contribution in [0.3, 0.4) is 0 Å². The van der Waals surface area contributed by atoms with Crippen molar-refractivity contribution in [3.8, 4) is 0 Å². The van der Waals surface area contributed by atoms with Crippen LogP contribution >= 0.6 is 0 Å². The Morgan fingerprint density at radius 1 is 1.29 bits per heavy atom. The highest BCUT2D eigenvalue weighted by molar-refractivity contribution is 5.89. The number of rotatable bonds is 4. The van der Waals surface area contributed by atoms with Crippen molar-refractivity contribution in [1.29, 1.82) is 0 Å². The molecule has 3 atom stereocenters. The molecule has 1 aromatic heterocycles. The molecule has 24 heavy (non-hydrogen) atoms. The van der Waals surface area contributed by atoms with Crippen LogP contribution in [-0.2, 0) is 9.47 Å². The molecule has 1 saturated heterocycles. The van der Waals surface area contributed by atoms with Crippen LogP contribution in [0, 0.1) is 5.92 Å². The molecule has 3 unspecified atom stereocenters. The van der Waals surface area contributed by atoms with Gasteiger partial charge in [0.1, 0.15) is 12.8 Å². The van der Waals surface area contributed by atoms with E-state index < -0.39 is 23.4 Å². The van der Waals surface area contributed by atoms with Gasteiger partial charge in [-0.05, 0) is 18.6 Å². The van der Waals surface area contributed by atoms with Crippen LogP contribution in [0.2, 0.25) is 0 Å². The number of esters is 1. The minimum atomic E-state index is -0.513. The first-order chi connectivity index (χ1) is 11.5. The summed E-state index contributed by atoms with van der Waals surface area (Å²) in [6, 6.07) is 10.0. The number of carbonyl (C=O) groups excluding carboxylic acids is 1. The number of benzene rings is 1. The number of hydrogen-bond acceptors (Lipinski definition) is 5. The molecule has 3 rings (SSSR count). The summed E-state index contributed by atoms with van der Waals surface area (Å²) >= 11 is 0. The molecule has 1 aliphatic heterocycles. The lowest BCUT2D eigenvalue weighted by molar-refractivity contribution is -0.0411. The normalized spacial score (nSPS) is 23.1. The van der Waals surface area contributed by atoms with E-state index in [9.17, 15) is 14.4 Å². The van der Waals surface area contributed by atoms with E-state index >= 15 is 0 Å². The smallest absolute Gasteiger partial charge is 0.338 e. The summed E-state index contributed by atoms with van der Waals surface area (Å²) in [5, 5.41) is 0. The van der Waals surface area contributed by atoms with Gasteiger partial charge in [-0.2, -0.15) is 0 Å². The molecule has 7 nitrogen and oxygen atoms in total. The lowest BCUT2D eigenvalue weighted by atomic mass is 10.1. The maximum atomic E-state index is 12.0. The Labute approximate surface area is 137 Å². The van der Waals surface area contributed by atoms with Crippen LogP contribution in [-0.4, -0.2) is 28.2 Å². The van der Waals surface area contributed by atoms with E-state index in [4.69, 9.17) is 9.47 Å². The van der Waals surface area contributed by atoms with Gasteiger partial charge in [0.2, 0.25) is 0 Å². The molecular weight excluding hydrogens is 312 g/mol. The van der Waals surface area contributed by atoms with Crippen molar-refractivity contribution in [3.05, 3.63) is 69.0 Å². The summed E-state index contributed by atoms with van der Waals surface area (Å²) in [5.74, 6) is -0.356. The van der Waals surface area contributed by atoms with Crippen molar-refractivity contribution in [3.63, 3.8) is 0 Å². The van der Waals surface area contributed by atoms with Gasteiger partial charge >= 0.3 is 11.7 Å². The molecule has 0 aliphatic carbocycles. The first kappa shape index (κ1) is 16.2. The molecule has 7 heteroatoms. The van der Waals surface area contributed by atoms with Gasteiger partial charge in [0.05, 0.1) is 11.7 Å². The van der Waals surface area contributed by atoms with Crippen LogP contribution < -0.4 is 11.2 Å². The quantitative estimate of drug-likeness (QED) is 0.854. The fourth-order valence-electron chi connectivity index (χ4n) is 2.82. The fourth-order valence-corrected chi connectivity index (χ4v) is 2.82. The molecule has 0 spiro atoms. The molecule has 2 heterocycles. The zero-order valence-corrected chi connectivity index (χ0v) is 13.2. The van der Waals surface area contributed by atoms with Gasteiger partial charge in [0.15, 0.2) is 0 Å². The number of carbonyl (C=O) groups is 1. The molecular formula is C17H18N2O5. The van der Waals surface area contributed by atoms with E-state index in [1.807, 2.05) is 13.0 Å². The van der Waals surface area contributed by atoms with Crippen molar-refractivity contribution in [2.24, 2.45) is 5.92 Å². The van der Waals surface area contributed by atoms with Crippen LogP contribution in [0.25, 0.3) is 0 Å². The van der Waals surface area contributed by atoms with Gasteiger partial charge in [0, 0.05) is 18.2 Å². The lowest BCUT2D eigenvalue weighted by Gasteiger charge is -2.17. The standard InChI is InChI=1S/C17H18N2O5/c1-11-9-13(10-23-16(21)12-5-3-2-4-6-12)24-15(11)19-8-7-14(20)18-17(19)22/h2-8,11,13,15H,9-10H2,1H3,(H,18,20,22). The molecule has 0 amide bonds. The van der Waals surface area contributed by atoms with E-state index in [1.54, 1.807) is 24.3 Å². The molecule has 1 aromatic carbocycles. The largest absolute Gasteiger partial charge is 0.459 e. The van der Waals surface area contributed by atoms with Crippen LogP contribution in [0.1, 0.15) is 29.9 Å². The van der Waals surface area contributed by atoms with Crippen LogP contribution in [0.5, 0.6) is 0 Å². The topological polar surface area (TPSA) is 90.4 Å². The summed E-state index contributed by atoms with van der Waals surface area (Å²) in [5.41, 5.74) is -0.478. The van der Waals surface area contributed by atoms with Crippen LogP contribution in [0.4, 0.5) is 0 Å². The van der Waals surface area contributed by atoms with Gasteiger partial charge in [-0.3, -0.25) is 14.3 Å². The van der Waals surface area contributed by atoms with Crippen molar-refractivity contribution < 1.29 is 14.3 Å². The summed E-state index contributed by atoms with van der Waals surface area (Å²) in [6.45, 7) is 2.06. The summed E-state index contributed by atoms with van der Waals surface area (Å²) in [7, 11) is 0. The number of aromatic amines is 1. The Hall–Kier alpha value is -2.67. The average Bonchev–Trinajstić information content (AvgIpc) is 2.94. The summed E-state index contributed by atoms with van der Waals surface area (Å²) in [6.07, 6.45) is 1.28. The third-order valence-corrected chi connectivity index (χ3v) is 3.99. The highest BCUT2D eigenvalue weighted by atomic mass is 16.6. The first-order valence-electron chi connectivity index (χ1n) is 7.73. The Balaban J connectivity index is 1.63. The maximum absolute atomic E-state index is 12.0. The molecule has 0 saturated carbocycles. The van der Waals surface area contributed by atoms with Gasteiger partial charge in [0.25, 0.3) is 5.56 Å². The molecule has 1 N–H and O–H groups in total. The van der Waals surface area contributed by atoms with Crippen molar-refractivity contribution in [2.45, 2.75) is 25.7 Å². The molecule has 2 aromatic rings. The second kappa shape index (κ2) is 6.84. The molecule has 1 fully saturated rings. The van der Waals surface area contributed by atoms with E-state index in [1.165, 1.54) is 16.8 Å². The van der Waals surface area contributed by atoms with E-state index in [0.717, 1.165) is 0 Å². The number of nitrogens with zero attached hydrogens (tertiary/aromatic N) is 1. The van der Waals surface area contributed by atoms with E-state index in [0.29, 0.717) is 12.0 Å². The van der Waals surface area contributed by atoms with E-state index in [-0.39, 0.29) is 18.6 Å². The highest BCUT2D eigenvalue weighted by Gasteiger charge is 2.34. The predicted octanol–water partition coefficient (Wildman–Crippen LogP) is 1.32. The first-order valence-corrected chi connectivity index (χ1v) is 7.73. The lowest BCUT2D eigenvalue weighted by Crippen LogP contribution is -2.33. The summed E-state index contributed by atoms with van der Waals surface area (Å²) < 4.78 is 12.5. The van der Waals surface area contributed by atoms with Gasteiger partial charge in [-0.15, -0.1) is 0 Å². The van der Waals surface area contributed by atoms with Gasteiger partial charge < -0.3 is 9.47 Å². The number of ether oxygens (including phenoxy) is 2. The van der Waals surface area contributed by atoms with Gasteiger partial charge in [-0.1, -0.05) is 25.1 Å². The number of aromatic nitrogens is 2. The average molecular weight is 330 g/mol. The van der Waals surface area contributed by atoms with E-state index in [2.05, 4.69) is 4.98 Å². The molecule has 1 aliphatic rings. The SMILES string of the molecule is CC1CC(COC(=O)c2ccccc2)OC1n1ccc(=O)[nH]c1=O. The predicted molar refractivity (Wildman–Crippen MR) is 85.7 cm³/mol. The Morgan fingerprint density at radius 2 is 2.04 bits per heavy atom. The zero-order valence-electron chi connectivity index (χ0n) is 13.2. The fraction of sp³-hybridized carbons (Fsp3) is 0.353. The second-order valence-corrected chi connectivity index (χ2v) is 5.84. The highest BCUT2D eigenvalue weighted by Crippen LogP contribution is 2.33. The minimum Gasteiger partial charge on any atom is -0.459 e. The third kappa shape index (κ3) is 3.46. The summed E-state index contributed by atoms with van der Waals surface area (Å²) in [4.78, 5) is 37.2. The Kier molecular flexibility index (Phi) is 4.61. The van der Waals surface area contributed by atoms with Crippen molar-refractivity contribution in [1.82, 2.24) is 9.55 Å². The minimum absolute atomic E-state index is 0.0500. The van der Waals surface area contributed by atoms with Crippen molar-refractivity contribution in [2.75, 3.05) is 6.61 Å². The monoisotopic (exact) mass is 330 g/mol. The Morgan fingerprint density at radius 3 is 2.75 bits per heavy atom. The zero-order chi connectivity index (χ0) is 17.1. The number of nitrogens with one attached hydrogen (secondary N) is 1. The Bertz CT molecular complexity index is 827. The molecule has 0 bridgehead atoms. The molecule has 126 valence electrons. The van der Waals surface area contributed by atoms with Gasteiger partial charge in [-0.25, -0.2) is 9.59 Å². The molecule has 0 radical (unpaired) electrons. The number of H-pyrrole nitrogens is 1. The second-order valence-electron chi connectivity index (χ2n) is 5.84. The maximum Gasteiger partial charge on any atom is 0.338 e. The van der Waals surface area contributed by atoms with Crippen LogP contribution in [0.15, 0.2) is 52.2 Å². The third-order valence-electron chi connectivity index (χ3n) is 3.99.